The van der Waals surface area contributed by atoms with Gasteiger partial charge in [-0.05, 0) is 43.3 Å². The molecule has 0 radical (unpaired) electrons. The Morgan fingerprint density at radius 2 is 1.78 bits per heavy atom. The fourth-order valence-corrected chi connectivity index (χ4v) is 4.27. The minimum absolute atomic E-state index is 0.0746. The van der Waals surface area contributed by atoms with Gasteiger partial charge >= 0.3 is 12.1 Å². The smallest absolute Gasteiger partial charge is 0.417 e. The van der Waals surface area contributed by atoms with Gasteiger partial charge in [0.25, 0.3) is 5.91 Å². The summed E-state index contributed by atoms with van der Waals surface area (Å²) in [6, 6.07) is 6.66. The van der Waals surface area contributed by atoms with Gasteiger partial charge in [-0.3, -0.25) is 4.79 Å². The summed E-state index contributed by atoms with van der Waals surface area (Å²) >= 11 is 1.11. The number of hydrogen-bond acceptors (Lipinski definition) is 4. The summed E-state index contributed by atoms with van der Waals surface area (Å²) in [5.74, 6) is -5.05. The largest absolute Gasteiger partial charge is 0.478 e. The minimum Gasteiger partial charge on any atom is -0.478 e. The molecule has 2 aromatic carbocycles. The molecule has 2 aromatic heterocycles. The fourth-order valence-electron chi connectivity index (χ4n) is 3.28. The molecule has 1 N–H and O–H groups in total. The van der Waals surface area contributed by atoms with Gasteiger partial charge in [-0.1, -0.05) is 6.07 Å². The number of thiophene rings is 1. The molecular formula is C21H11F5N2O3S. The van der Waals surface area contributed by atoms with Crippen LogP contribution in [0.15, 0.2) is 42.5 Å². The molecule has 4 aromatic rings. The van der Waals surface area contributed by atoms with Gasteiger partial charge in [0.15, 0.2) is 0 Å². The summed E-state index contributed by atoms with van der Waals surface area (Å²) in [6.07, 6.45) is -4.99. The van der Waals surface area contributed by atoms with E-state index in [1.807, 2.05) is 0 Å². The van der Waals surface area contributed by atoms with Crippen molar-refractivity contribution < 1.29 is 36.6 Å². The summed E-state index contributed by atoms with van der Waals surface area (Å²) in [4.78, 5) is 24.7. The number of carboxylic acid groups (broad SMARTS) is 1. The molecule has 4 rings (SSSR count). The van der Waals surface area contributed by atoms with Gasteiger partial charge in [0.05, 0.1) is 26.9 Å². The maximum Gasteiger partial charge on any atom is 0.417 e. The molecule has 0 bridgehead atoms. The van der Waals surface area contributed by atoms with Crippen LogP contribution in [0.25, 0.3) is 21.5 Å². The first-order valence-electron chi connectivity index (χ1n) is 8.92. The van der Waals surface area contributed by atoms with Crippen LogP contribution in [-0.2, 0) is 6.18 Å². The van der Waals surface area contributed by atoms with Gasteiger partial charge < -0.3 is 5.11 Å². The number of aryl methyl sites for hydroxylation is 1. The maximum atomic E-state index is 14.6. The van der Waals surface area contributed by atoms with Crippen LogP contribution in [0.3, 0.4) is 0 Å². The molecule has 5 nitrogen and oxygen atoms in total. The number of fused-ring (bicyclic) bond motifs is 1. The van der Waals surface area contributed by atoms with Crippen LogP contribution in [0, 0.1) is 18.6 Å². The lowest BCUT2D eigenvalue weighted by Gasteiger charge is -2.12. The van der Waals surface area contributed by atoms with Crippen molar-refractivity contribution in [3.63, 3.8) is 0 Å². The number of nitrogens with zero attached hydrogens (tertiary/aromatic N) is 2. The number of halogens is 5. The third kappa shape index (κ3) is 3.54. The van der Waals surface area contributed by atoms with Gasteiger partial charge in [-0.15, -0.1) is 11.3 Å². The lowest BCUT2D eigenvalue weighted by molar-refractivity contribution is -0.138. The number of rotatable bonds is 3. The van der Waals surface area contributed by atoms with E-state index < -0.39 is 40.8 Å². The highest BCUT2D eigenvalue weighted by Crippen LogP contribution is 2.38. The first-order chi connectivity index (χ1) is 15.0. The van der Waals surface area contributed by atoms with Gasteiger partial charge in [0.1, 0.15) is 17.3 Å². The summed E-state index contributed by atoms with van der Waals surface area (Å²) in [5, 5.41) is 13.0. The average Bonchev–Trinajstić information content (AvgIpc) is 3.24. The monoisotopic (exact) mass is 466 g/mol. The molecule has 0 saturated carbocycles. The van der Waals surface area contributed by atoms with E-state index in [1.165, 1.54) is 6.07 Å². The van der Waals surface area contributed by atoms with Crippen molar-refractivity contribution >= 4 is 33.4 Å². The van der Waals surface area contributed by atoms with Gasteiger partial charge in [-0.25, -0.2) is 13.6 Å². The summed E-state index contributed by atoms with van der Waals surface area (Å²) < 4.78 is 70.1. The Balaban J connectivity index is 1.95. The molecule has 0 aliphatic rings. The number of carbonyl (C=O) groups excluding carboxylic acids is 1. The van der Waals surface area contributed by atoms with Crippen molar-refractivity contribution in [2.24, 2.45) is 0 Å². The van der Waals surface area contributed by atoms with Crippen LogP contribution in [0.2, 0.25) is 0 Å². The first kappa shape index (κ1) is 21.6. The number of benzene rings is 2. The molecule has 0 spiro atoms. The minimum atomic E-state index is -4.99. The third-order valence-electron chi connectivity index (χ3n) is 4.68. The molecule has 32 heavy (non-hydrogen) atoms. The van der Waals surface area contributed by atoms with Crippen molar-refractivity contribution in [2.45, 2.75) is 13.1 Å². The second-order valence-corrected chi connectivity index (χ2v) is 8.05. The van der Waals surface area contributed by atoms with Crippen molar-refractivity contribution in [2.75, 3.05) is 0 Å². The number of carbonyl (C=O) groups is 2. The van der Waals surface area contributed by atoms with Crippen LogP contribution < -0.4 is 0 Å². The van der Waals surface area contributed by atoms with Crippen molar-refractivity contribution in [3.05, 3.63) is 75.7 Å². The number of carboxylic acids is 1. The van der Waals surface area contributed by atoms with Crippen LogP contribution in [0.1, 0.15) is 31.2 Å². The number of hydrogen-bond donors (Lipinski definition) is 1. The molecule has 0 amide bonds. The van der Waals surface area contributed by atoms with Gasteiger partial charge in [0.2, 0.25) is 0 Å². The maximum absolute atomic E-state index is 14.6. The van der Waals surface area contributed by atoms with Crippen molar-refractivity contribution in [1.29, 1.82) is 0 Å². The van der Waals surface area contributed by atoms with Crippen LogP contribution >= 0.6 is 11.3 Å². The quantitative estimate of drug-likeness (QED) is 0.390. The third-order valence-corrected chi connectivity index (χ3v) is 5.72. The molecule has 0 atom stereocenters. The summed E-state index contributed by atoms with van der Waals surface area (Å²) in [6.45, 7) is 1.66. The van der Waals surface area contributed by atoms with Gasteiger partial charge in [-0.2, -0.15) is 23.0 Å². The fraction of sp³-hybridized carbons (Fsp3) is 0.0952. The van der Waals surface area contributed by atoms with Crippen molar-refractivity contribution in [3.8, 4) is 11.3 Å². The Morgan fingerprint density at radius 1 is 1.06 bits per heavy atom. The molecular weight excluding hydrogens is 455 g/mol. The predicted octanol–water partition coefficient (Wildman–Crippen LogP) is 5.76. The normalized spacial score (nSPS) is 11.8. The zero-order valence-corrected chi connectivity index (χ0v) is 16.8. The zero-order valence-electron chi connectivity index (χ0n) is 16.0. The molecule has 164 valence electrons. The number of alkyl halides is 3. The Labute approximate surface area is 180 Å². The van der Waals surface area contributed by atoms with E-state index in [9.17, 15) is 31.5 Å². The molecule has 11 heteroatoms. The Kier molecular flexibility index (Phi) is 5.08. The molecule has 0 unspecified atom stereocenters. The van der Waals surface area contributed by atoms with E-state index in [0.717, 1.165) is 41.7 Å². The lowest BCUT2D eigenvalue weighted by atomic mass is 10.1. The highest BCUT2D eigenvalue weighted by Gasteiger charge is 2.38. The van der Waals surface area contributed by atoms with E-state index in [0.29, 0.717) is 15.6 Å². The zero-order chi connectivity index (χ0) is 23.4. The second kappa shape index (κ2) is 7.52. The Morgan fingerprint density at radius 3 is 2.41 bits per heavy atom. The average molecular weight is 466 g/mol. The van der Waals surface area contributed by atoms with E-state index >= 15 is 0 Å². The van der Waals surface area contributed by atoms with E-state index in [1.54, 1.807) is 6.92 Å². The number of aromatic nitrogens is 2. The summed E-state index contributed by atoms with van der Waals surface area (Å²) in [5.41, 5.74) is -3.14. The Hall–Kier alpha value is -3.60. The van der Waals surface area contributed by atoms with Crippen LogP contribution in [0.5, 0.6) is 0 Å². The first-order valence-corrected chi connectivity index (χ1v) is 9.73. The molecule has 0 aliphatic carbocycles. The predicted molar refractivity (Wildman–Crippen MR) is 106 cm³/mol. The van der Waals surface area contributed by atoms with E-state index in [-0.39, 0.29) is 27.0 Å². The highest BCUT2D eigenvalue weighted by atomic mass is 32.1. The lowest BCUT2D eigenvalue weighted by Crippen LogP contribution is -2.21. The standard InChI is InChI=1S/C21H11F5N2O3S/c1-9-7-15-18(32-9)17(11-6-5-10(20(30)31)8-14(11)23)27-28(15)19(29)16-12(21(24,25)26)3-2-4-13(16)22/h2-8H,1H3,(H,30,31). The summed E-state index contributed by atoms with van der Waals surface area (Å²) in [7, 11) is 0. The van der Waals surface area contributed by atoms with E-state index in [2.05, 4.69) is 5.10 Å². The molecule has 0 aliphatic heterocycles. The van der Waals surface area contributed by atoms with Crippen molar-refractivity contribution in [1.82, 2.24) is 9.78 Å². The SMILES string of the molecule is Cc1cc2c(s1)c(-c1ccc(C(=O)O)cc1F)nn2C(=O)c1c(F)cccc1C(F)(F)F. The molecule has 0 saturated heterocycles. The van der Waals surface area contributed by atoms with Crippen LogP contribution in [-0.4, -0.2) is 26.8 Å². The van der Waals surface area contributed by atoms with Crippen LogP contribution in [0.4, 0.5) is 22.0 Å². The number of aromatic carboxylic acids is 1. The Bertz CT molecular complexity index is 1400. The highest BCUT2D eigenvalue weighted by molar-refractivity contribution is 7.19. The van der Waals surface area contributed by atoms with E-state index in [4.69, 9.17) is 5.11 Å². The molecule has 2 heterocycles. The second-order valence-electron chi connectivity index (χ2n) is 6.80. The molecule has 0 fully saturated rings. The topological polar surface area (TPSA) is 72.2 Å². The van der Waals surface area contributed by atoms with Gasteiger partial charge in [0, 0.05) is 10.4 Å².